The van der Waals surface area contributed by atoms with Crippen LogP contribution in [0, 0.1) is 0 Å². The fourth-order valence-corrected chi connectivity index (χ4v) is 1.17. The van der Waals surface area contributed by atoms with E-state index in [0.717, 1.165) is 0 Å². The lowest BCUT2D eigenvalue weighted by Crippen LogP contribution is -2.25. The second-order valence-electron chi connectivity index (χ2n) is 4.30. The molecule has 4 heteroatoms. The molecule has 0 bridgehead atoms. The number of para-hydroxylation sites is 1. The fraction of sp³-hybridized carbons (Fsp3) is 0.364. The van der Waals surface area contributed by atoms with Gasteiger partial charge in [0.1, 0.15) is 5.60 Å². The summed E-state index contributed by atoms with van der Waals surface area (Å²) >= 11 is 0. The predicted octanol–water partition coefficient (Wildman–Crippen LogP) is 1.54. The number of carbonyl (C=O) groups is 1. The SMILES string of the molecule is CC(C)(C)Oc1c(N)cccc1C(N)=O. The molecule has 0 aliphatic heterocycles. The fourth-order valence-electron chi connectivity index (χ4n) is 1.17. The van der Waals surface area contributed by atoms with Crippen LogP contribution in [0.15, 0.2) is 18.2 Å². The minimum atomic E-state index is -0.540. The Labute approximate surface area is 89.2 Å². The summed E-state index contributed by atoms with van der Waals surface area (Å²) in [4.78, 5) is 11.1. The van der Waals surface area contributed by atoms with Gasteiger partial charge in [0.05, 0.1) is 11.3 Å². The Hall–Kier alpha value is -1.71. The number of hydrogen-bond donors (Lipinski definition) is 2. The number of nitrogens with two attached hydrogens (primary N) is 2. The van der Waals surface area contributed by atoms with Crippen LogP contribution < -0.4 is 16.2 Å². The minimum Gasteiger partial charge on any atom is -0.485 e. The Morgan fingerprint density at radius 2 is 1.93 bits per heavy atom. The van der Waals surface area contributed by atoms with Crippen molar-refractivity contribution in [2.75, 3.05) is 5.73 Å². The van der Waals surface area contributed by atoms with Crippen LogP contribution in [0.2, 0.25) is 0 Å². The molecule has 0 unspecified atom stereocenters. The molecule has 0 atom stereocenters. The zero-order valence-electron chi connectivity index (χ0n) is 9.20. The molecule has 4 nitrogen and oxygen atoms in total. The molecule has 0 saturated carbocycles. The van der Waals surface area contributed by atoms with Gasteiger partial charge in [-0.1, -0.05) is 6.07 Å². The Bertz CT molecular complexity index is 381. The lowest BCUT2D eigenvalue weighted by atomic mass is 10.1. The van der Waals surface area contributed by atoms with Crippen LogP contribution in [-0.4, -0.2) is 11.5 Å². The zero-order valence-corrected chi connectivity index (χ0v) is 9.20. The standard InChI is InChI=1S/C11H16N2O2/c1-11(2,3)15-9-7(10(13)14)5-4-6-8(9)12/h4-6H,12H2,1-3H3,(H2,13,14). The van der Waals surface area contributed by atoms with Crippen molar-refractivity contribution in [3.8, 4) is 5.75 Å². The Morgan fingerprint density at radius 3 is 2.40 bits per heavy atom. The number of amides is 1. The van der Waals surface area contributed by atoms with E-state index in [1.165, 1.54) is 0 Å². The van der Waals surface area contributed by atoms with Crippen LogP contribution in [0.1, 0.15) is 31.1 Å². The summed E-state index contributed by atoms with van der Waals surface area (Å²) < 4.78 is 5.60. The van der Waals surface area contributed by atoms with Crippen LogP contribution in [0.5, 0.6) is 5.75 Å². The van der Waals surface area contributed by atoms with Crippen molar-refractivity contribution in [2.24, 2.45) is 5.73 Å². The first-order chi connectivity index (χ1) is 6.81. The molecule has 1 aromatic rings. The van der Waals surface area contributed by atoms with Crippen molar-refractivity contribution in [2.45, 2.75) is 26.4 Å². The van der Waals surface area contributed by atoms with Gasteiger partial charge in [0.2, 0.25) is 0 Å². The quantitative estimate of drug-likeness (QED) is 0.724. The van der Waals surface area contributed by atoms with Gasteiger partial charge in [-0.15, -0.1) is 0 Å². The van der Waals surface area contributed by atoms with E-state index in [9.17, 15) is 4.79 Å². The molecule has 4 N–H and O–H groups in total. The lowest BCUT2D eigenvalue weighted by molar-refractivity contribution is 0.0979. The van der Waals surface area contributed by atoms with E-state index in [1.54, 1.807) is 18.2 Å². The maximum atomic E-state index is 11.1. The summed E-state index contributed by atoms with van der Waals surface area (Å²) in [5, 5.41) is 0. The Balaban J connectivity index is 3.19. The first kappa shape index (κ1) is 11.4. The van der Waals surface area contributed by atoms with Crippen LogP contribution in [0.4, 0.5) is 5.69 Å². The number of anilines is 1. The number of benzene rings is 1. The van der Waals surface area contributed by atoms with Gasteiger partial charge in [0.25, 0.3) is 5.91 Å². The lowest BCUT2D eigenvalue weighted by Gasteiger charge is -2.23. The molecule has 0 aliphatic rings. The molecule has 1 aromatic carbocycles. The molecular formula is C11H16N2O2. The molecule has 0 spiro atoms. The number of nitrogen functional groups attached to an aromatic ring is 1. The van der Waals surface area contributed by atoms with E-state index < -0.39 is 11.5 Å². The van der Waals surface area contributed by atoms with Gasteiger partial charge in [-0.3, -0.25) is 4.79 Å². The average Bonchev–Trinajstić information content (AvgIpc) is 2.05. The Kier molecular flexibility index (Phi) is 2.88. The summed E-state index contributed by atoms with van der Waals surface area (Å²) in [6, 6.07) is 4.94. The zero-order chi connectivity index (χ0) is 11.6. The monoisotopic (exact) mass is 208 g/mol. The highest BCUT2D eigenvalue weighted by Gasteiger charge is 2.19. The number of carbonyl (C=O) groups excluding carboxylic acids is 1. The third kappa shape index (κ3) is 2.87. The van der Waals surface area contributed by atoms with Gasteiger partial charge in [-0.2, -0.15) is 0 Å². The van der Waals surface area contributed by atoms with Gasteiger partial charge in [0.15, 0.2) is 5.75 Å². The van der Waals surface area contributed by atoms with E-state index in [-0.39, 0.29) is 0 Å². The largest absolute Gasteiger partial charge is 0.485 e. The van der Waals surface area contributed by atoms with E-state index in [4.69, 9.17) is 16.2 Å². The van der Waals surface area contributed by atoms with Crippen molar-refractivity contribution < 1.29 is 9.53 Å². The maximum absolute atomic E-state index is 11.1. The number of primary amides is 1. The second-order valence-corrected chi connectivity index (χ2v) is 4.30. The summed E-state index contributed by atoms with van der Waals surface area (Å²) in [6.07, 6.45) is 0. The first-order valence-electron chi connectivity index (χ1n) is 4.68. The van der Waals surface area contributed by atoms with E-state index >= 15 is 0 Å². The highest BCUT2D eigenvalue weighted by Crippen LogP contribution is 2.29. The van der Waals surface area contributed by atoms with Crippen molar-refractivity contribution in [1.29, 1.82) is 0 Å². The van der Waals surface area contributed by atoms with E-state index in [0.29, 0.717) is 17.0 Å². The minimum absolute atomic E-state index is 0.310. The van der Waals surface area contributed by atoms with Crippen molar-refractivity contribution in [3.05, 3.63) is 23.8 Å². The van der Waals surface area contributed by atoms with Crippen molar-refractivity contribution in [1.82, 2.24) is 0 Å². The second kappa shape index (κ2) is 3.81. The van der Waals surface area contributed by atoms with Crippen LogP contribution >= 0.6 is 0 Å². The van der Waals surface area contributed by atoms with Gasteiger partial charge in [-0.05, 0) is 32.9 Å². The summed E-state index contributed by atoms with van der Waals surface area (Å²) in [5.74, 6) is -0.181. The highest BCUT2D eigenvalue weighted by atomic mass is 16.5. The molecule has 0 heterocycles. The highest BCUT2D eigenvalue weighted by molar-refractivity contribution is 5.97. The van der Waals surface area contributed by atoms with Crippen LogP contribution in [-0.2, 0) is 0 Å². The van der Waals surface area contributed by atoms with Gasteiger partial charge in [-0.25, -0.2) is 0 Å². The third-order valence-corrected chi connectivity index (χ3v) is 1.72. The van der Waals surface area contributed by atoms with Gasteiger partial charge < -0.3 is 16.2 Å². The number of hydrogen-bond acceptors (Lipinski definition) is 3. The summed E-state index contributed by atoms with van der Waals surface area (Å²) in [5.41, 5.74) is 11.3. The molecule has 1 rings (SSSR count). The predicted molar refractivity (Wildman–Crippen MR) is 59.8 cm³/mol. The topological polar surface area (TPSA) is 78.3 Å². The Morgan fingerprint density at radius 1 is 1.33 bits per heavy atom. The van der Waals surface area contributed by atoms with E-state index in [1.807, 2.05) is 20.8 Å². The average molecular weight is 208 g/mol. The molecule has 15 heavy (non-hydrogen) atoms. The third-order valence-electron chi connectivity index (χ3n) is 1.72. The molecule has 0 radical (unpaired) electrons. The van der Waals surface area contributed by atoms with Gasteiger partial charge in [0, 0.05) is 0 Å². The molecule has 0 saturated heterocycles. The molecule has 0 aliphatic carbocycles. The molecule has 82 valence electrons. The maximum Gasteiger partial charge on any atom is 0.252 e. The number of rotatable bonds is 2. The summed E-state index contributed by atoms with van der Waals surface area (Å²) in [7, 11) is 0. The molecule has 0 aromatic heterocycles. The molecule has 1 amide bonds. The smallest absolute Gasteiger partial charge is 0.252 e. The van der Waals surface area contributed by atoms with Crippen LogP contribution in [0.3, 0.4) is 0 Å². The summed E-state index contributed by atoms with van der Waals surface area (Å²) in [6.45, 7) is 5.64. The van der Waals surface area contributed by atoms with Crippen molar-refractivity contribution >= 4 is 11.6 Å². The first-order valence-corrected chi connectivity index (χ1v) is 4.68. The van der Waals surface area contributed by atoms with Crippen LogP contribution in [0.25, 0.3) is 0 Å². The van der Waals surface area contributed by atoms with E-state index in [2.05, 4.69) is 0 Å². The van der Waals surface area contributed by atoms with Gasteiger partial charge >= 0.3 is 0 Å². The normalized spacial score (nSPS) is 11.1. The van der Waals surface area contributed by atoms with Crippen molar-refractivity contribution in [3.63, 3.8) is 0 Å². The number of ether oxygens (including phenoxy) is 1. The molecular weight excluding hydrogens is 192 g/mol. The molecule has 0 fully saturated rings.